The fourth-order valence-corrected chi connectivity index (χ4v) is 3.70. The first-order valence-electron chi connectivity index (χ1n) is 6.37. The molecule has 86 valence electrons. The number of piperidine rings is 1. The second-order valence-electron chi connectivity index (χ2n) is 5.65. The zero-order valence-corrected chi connectivity index (χ0v) is 10.2. The van der Waals surface area contributed by atoms with Gasteiger partial charge in [0.25, 0.3) is 0 Å². The number of hydrogen-bond donors (Lipinski definition) is 0. The average Bonchev–Trinajstić information content (AvgIpc) is 2.19. The molecule has 2 nitrogen and oxygen atoms in total. The van der Waals surface area contributed by atoms with Gasteiger partial charge in [-0.25, -0.2) is 0 Å². The van der Waals surface area contributed by atoms with Crippen molar-refractivity contribution in [1.29, 1.82) is 0 Å². The molecule has 2 rings (SSSR count). The smallest absolute Gasteiger partial charge is 0.222 e. The molecule has 2 aliphatic rings. The molecular formula is C13H23NO. The maximum absolute atomic E-state index is 11.9. The highest BCUT2D eigenvalue weighted by atomic mass is 16.2. The van der Waals surface area contributed by atoms with Gasteiger partial charge in [-0.05, 0) is 30.6 Å². The minimum Gasteiger partial charge on any atom is -0.342 e. The molecule has 15 heavy (non-hydrogen) atoms. The summed E-state index contributed by atoms with van der Waals surface area (Å²) in [4.78, 5) is 13.9. The summed E-state index contributed by atoms with van der Waals surface area (Å²) in [5.74, 6) is 2.44. The topological polar surface area (TPSA) is 20.3 Å². The maximum atomic E-state index is 11.9. The largest absolute Gasteiger partial charge is 0.342 e. The van der Waals surface area contributed by atoms with Crippen molar-refractivity contribution in [2.24, 2.45) is 17.8 Å². The second kappa shape index (κ2) is 4.15. The Bertz CT molecular complexity index is 249. The van der Waals surface area contributed by atoms with Gasteiger partial charge >= 0.3 is 0 Å². The van der Waals surface area contributed by atoms with Gasteiger partial charge in [0.05, 0.1) is 0 Å². The van der Waals surface area contributed by atoms with Gasteiger partial charge in [0.15, 0.2) is 0 Å². The van der Waals surface area contributed by atoms with Crippen LogP contribution in [0.1, 0.15) is 46.0 Å². The monoisotopic (exact) mass is 209 g/mol. The zero-order chi connectivity index (χ0) is 11.0. The van der Waals surface area contributed by atoms with Crippen LogP contribution < -0.4 is 0 Å². The van der Waals surface area contributed by atoms with Crippen LogP contribution in [-0.2, 0) is 4.79 Å². The standard InChI is InChI=1S/C13H23NO/c1-9(2)13-11-7-5-4-6-10(11)8-12(15)14(13)3/h9-11,13H,4-8H2,1-3H3. The van der Waals surface area contributed by atoms with E-state index in [0.717, 1.165) is 12.3 Å². The van der Waals surface area contributed by atoms with Crippen molar-refractivity contribution in [3.8, 4) is 0 Å². The lowest BCUT2D eigenvalue weighted by atomic mass is 9.68. The first-order valence-corrected chi connectivity index (χ1v) is 6.37. The Morgan fingerprint density at radius 2 is 1.93 bits per heavy atom. The van der Waals surface area contributed by atoms with Crippen molar-refractivity contribution in [2.45, 2.75) is 52.0 Å². The first kappa shape index (κ1) is 11.0. The van der Waals surface area contributed by atoms with Crippen molar-refractivity contribution < 1.29 is 4.79 Å². The number of hydrogen-bond acceptors (Lipinski definition) is 1. The van der Waals surface area contributed by atoms with Crippen LogP contribution in [0.2, 0.25) is 0 Å². The van der Waals surface area contributed by atoms with Gasteiger partial charge in [-0.3, -0.25) is 4.79 Å². The Kier molecular flexibility index (Phi) is 3.03. The van der Waals surface area contributed by atoms with Gasteiger partial charge in [-0.1, -0.05) is 26.7 Å². The normalized spacial score (nSPS) is 36.9. The molecule has 1 heterocycles. The summed E-state index contributed by atoms with van der Waals surface area (Å²) in [5, 5.41) is 0. The van der Waals surface area contributed by atoms with E-state index in [4.69, 9.17) is 0 Å². The minimum absolute atomic E-state index is 0.372. The van der Waals surface area contributed by atoms with Crippen LogP contribution >= 0.6 is 0 Å². The van der Waals surface area contributed by atoms with Crippen LogP contribution in [0.4, 0.5) is 0 Å². The van der Waals surface area contributed by atoms with Crippen LogP contribution in [0.5, 0.6) is 0 Å². The number of carbonyl (C=O) groups is 1. The molecule has 3 unspecified atom stereocenters. The summed E-state index contributed by atoms with van der Waals surface area (Å²) in [7, 11) is 2.00. The van der Waals surface area contributed by atoms with E-state index in [9.17, 15) is 4.79 Å². The van der Waals surface area contributed by atoms with Crippen LogP contribution in [0.15, 0.2) is 0 Å². The van der Waals surface area contributed by atoms with E-state index in [1.165, 1.54) is 25.7 Å². The zero-order valence-electron chi connectivity index (χ0n) is 10.2. The molecule has 1 saturated heterocycles. The van der Waals surface area contributed by atoms with E-state index in [-0.39, 0.29) is 0 Å². The molecule has 1 aliphatic carbocycles. The van der Waals surface area contributed by atoms with E-state index >= 15 is 0 Å². The van der Waals surface area contributed by atoms with Crippen molar-refractivity contribution in [3.05, 3.63) is 0 Å². The van der Waals surface area contributed by atoms with Gasteiger partial charge in [-0.2, -0.15) is 0 Å². The highest BCUT2D eigenvalue weighted by Gasteiger charge is 2.42. The second-order valence-corrected chi connectivity index (χ2v) is 5.65. The van der Waals surface area contributed by atoms with E-state index in [0.29, 0.717) is 23.8 Å². The summed E-state index contributed by atoms with van der Waals surface area (Å²) in [6.45, 7) is 4.51. The van der Waals surface area contributed by atoms with Crippen molar-refractivity contribution in [1.82, 2.24) is 4.90 Å². The minimum atomic E-state index is 0.372. The van der Waals surface area contributed by atoms with Gasteiger partial charge < -0.3 is 4.90 Å². The molecule has 1 aliphatic heterocycles. The molecule has 0 aromatic heterocycles. The predicted molar refractivity (Wildman–Crippen MR) is 61.5 cm³/mol. The van der Waals surface area contributed by atoms with Crippen LogP contribution in [-0.4, -0.2) is 23.9 Å². The highest BCUT2D eigenvalue weighted by Crippen LogP contribution is 2.41. The van der Waals surface area contributed by atoms with Crippen LogP contribution in [0.3, 0.4) is 0 Å². The fraction of sp³-hybridized carbons (Fsp3) is 0.923. The molecule has 0 radical (unpaired) electrons. The summed E-state index contributed by atoms with van der Waals surface area (Å²) in [6.07, 6.45) is 6.14. The summed E-state index contributed by atoms with van der Waals surface area (Å²) in [6, 6.07) is 0.497. The third kappa shape index (κ3) is 1.91. The molecule has 1 saturated carbocycles. The molecule has 0 bridgehead atoms. The number of amides is 1. The first-order chi connectivity index (χ1) is 7.11. The molecule has 0 aromatic carbocycles. The summed E-state index contributed by atoms with van der Waals surface area (Å²) < 4.78 is 0. The molecule has 1 amide bonds. The summed E-state index contributed by atoms with van der Waals surface area (Å²) >= 11 is 0. The van der Waals surface area contributed by atoms with Crippen molar-refractivity contribution in [3.63, 3.8) is 0 Å². The fourth-order valence-electron chi connectivity index (χ4n) is 3.70. The van der Waals surface area contributed by atoms with Crippen molar-refractivity contribution in [2.75, 3.05) is 7.05 Å². The van der Waals surface area contributed by atoms with Crippen LogP contribution in [0, 0.1) is 17.8 Å². The lowest BCUT2D eigenvalue weighted by molar-refractivity contribution is -0.143. The Labute approximate surface area is 93.0 Å². The molecular weight excluding hydrogens is 186 g/mol. The predicted octanol–water partition coefficient (Wildman–Crippen LogP) is 2.68. The van der Waals surface area contributed by atoms with E-state index < -0.39 is 0 Å². The lowest BCUT2D eigenvalue weighted by Gasteiger charge is -2.48. The Morgan fingerprint density at radius 1 is 1.27 bits per heavy atom. The van der Waals surface area contributed by atoms with E-state index in [2.05, 4.69) is 13.8 Å². The number of fused-ring (bicyclic) bond motifs is 1. The SMILES string of the molecule is CC(C)C1C2CCCCC2CC(=O)N1C. The third-order valence-electron chi connectivity index (χ3n) is 4.37. The van der Waals surface area contributed by atoms with Crippen molar-refractivity contribution >= 4 is 5.91 Å². The van der Waals surface area contributed by atoms with Gasteiger partial charge in [0.2, 0.25) is 5.91 Å². The number of carbonyl (C=O) groups excluding carboxylic acids is 1. The molecule has 2 fully saturated rings. The lowest BCUT2D eigenvalue weighted by Crippen LogP contribution is -2.53. The molecule has 2 heteroatoms. The van der Waals surface area contributed by atoms with E-state index in [1.807, 2.05) is 11.9 Å². The Morgan fingerprint density at radius 3 is 2.60 bits per heavy atom. The summed E-state index contributed by atoms with van der Waals surface area (Å²) in [5.41, 5.74) is 0. The van der Waals surface area contributed by atoms with Gasteiger partial charge in [0.1, 0.15) is 0 Å². The van der Waals surface area contributed by atoms with Gasteiger partial charge in [-0.15, -0.1) is 0 Å². The number of nitrogens with zero attached hydrogens (tertiary/aromatic N) is 1. The number of rotatable bonds is 1. The Hall–Kier alpha value is -0.530. The van der Waals surface area contributed by atoms with Gasteiger partial charge in [0, 0.05) is 19.5 Å². The highest BCUT2D eigenvalue weighted by molar-refractivity contribution is 5.77. The third-order valence-corrected chi connectivity index (χ3v) is 4.37. The average molecular weight is 209 g/mol. The molecule has 0 aromatic rings. The Balaban J connectivity index is 2.19. The van der Waals surface area contributed by atoms with E-state index in [1.54, 1.807) is 0 Å². The van der Waals surface area contributed by atoms with Crippen LogP contribution in [0.25, 0.3) is 0 Å². The quantitative estimate of drug-likeness (QED) is 0.650. The molecule has 3 atom stereocenters. The molecule has 0 spiro atoms. The maximum Gasteiger partial charge on any atom is 0.222 e. The number of likely N-dealkylation sites (tertiary alicyclic amines) is 1. The molecule has 0 N–H and O–H groups in total.